The first-order valence-corrected chi connectivity index (χ1v) is 9.25. The van der Waals surface area contributed by atoms with Gasteiger partial charge in [0.05, 0.1) is 23.8 Å². The lowest BCUT2D eigenvalue weighted by molar-refractivity contribution is -0.127. The van der Waals surface area contributed by atoms with E-state index in [1.807, 2.05) is 38.1 Å². The third kappa shape index (κ3) is 3.05. The van der Waals surface area contributed by atoms with Crippen LogP contribution in [0.3, 0.4) is 0 Å². The minimum Gasteiger partial charge on any atom is -0.497 e. The van der Waals surface area contributed by atoms with Crippen LogP contribution < -0.4 is 10.1 Å². The maximum Gasteiger partial charge on any atom is 0.253 e. The number of hydrogen-bond acceptors (Lipinski definition) is 4. The molecule has 2 aliphatic rings. The first-order valence-electron chi connectivity index (χ1n) is 9.25. The number of amides is 1. The van der Waals surface area contributed by atoms with Crippen molar-refractivity contribution in [3.63, 3.8) is 0 Å². The van der Waals surface area contributed by atoms with E-state index in [1.54, 1.807) is 13.3 Å². The van der Waals surface area contributed by atoms with Crippen LogP contribution in [0.1, 0.15) is 49.9 Å². The van der Waals surface area contributed by atoms with E-state index in [1.165, 1.54) is 0 Å². The third-order valence-corrected chi connectivity index (χ3v) is 6.21. The molecule has 0 aliphatic heterocycles. The number of fused-ring (bicyclic) bond motifs is 1. The highest BCUT2D eigenvalue weighted by Gasteiger charge is 2.56. The molecule has 5 heteroatoms. The molecule has 5 nitrogen and oxygen atoms in total. The Morgan fingerprint density at radius 3 is 2.65 bits per heavy atom. The minimum absolute atomic E-state index is 0.0616. The van der Waals surface area contributed by atoms with E-state index in [9.17, 15) is 9.90 Å². The molecular formula is C21H26N2O3. The maximum atomic E-state index is 12.5. The molecule has 2 aliphatic carbocycles. The fourth-order valence-corrected chi connectivity index (χ4v) is 4.53. The van der Waals surface area contributed by atoms with Crippen molar-refractivity contribution in [1.29, 1.82) is 0 Å². The predicted octanol–water partition coefficient (Wildman–Crippen LogP) is 3.30. The zero-order valence-corrected chi connectivity index (χ0v) is 15.6. The summed E-state index contributed by atoms with van der Waals surface area (Å²) in [6.45, 7) is 3.79. The Morgan fingerprint density at radius 1 is 1.27 bits per heavy atom. The van der Waals surface area contributed by atoms with Crippen LogP contribution in [0.4, 0.5) is 0 Å². The van der Waals surface area contributed by atoms with Crippen LogP contribution in [0.5, 0.6) is 5.75 Å². The Hall–Kier alpha value is -2.14. The molecule has 0 unspecified atom stereocenters. The summed E-state index contributed by atoms with van der Waals surface area (Å²) in [5.74, 6) is 1.08. The van der Waals surface area contributed by atoms with Crippen LogP contribution in [0.15, 0.2) is 30.5 Å². The van der Waals surface area contributed by atoms with E-state index in [2.05, 4.69) is 10.3 Å². The van der Waals surface area contributed by atoms with Gasteiger partial charge in [-0.2, -0.15) is 0 Å². The zero-order valence-electron chi connectivity index (χ0n) is 15.6. The van der Waals surface area contributed by atoms with Gasteiger partial charge in [-0.3, -0.25) is 9.78 Å². The Kier molecular flexibility index (Phi) is 3.95. The fraction of sp³-hybridized carbons (Fsp3) is 0.524. The SMILES string of the molecule is COc1ccc2cc(C(=O)NC3CC4(C3)CC(C(C)(C)O)C4)cnc2c1. The lowest BCUT2D eigenvalue weighted by Gasteiger charge is -2.60. The largest absolute Gasteiger partial charge is 0.497 e. The second kappa shape index (κ2) is 5.95. The number of hydrogen-bond donors (Lipinski definition) is 2. The van der Waals surface area contributed by atoms with Gasteiger partial charge in [-0.05, 0) is 69.1 Å². The summed E-state index contributed by atoms with van der Waals surface area (Å²) in [6, 6.07) is 7.76. The number of aromatic nitrogens is 1. The molecule has 0 radical (unpaired) electrons. The number of nitrogens with one attached hydrogen (secondary N) is 1. The molecule has 2 saturated carbocycles. The van der Waals surface area contributed by atoms with Crippen LogP contribution in [0, 0.1) is 11.3 Å². The molecule has 0 saturated heterocycles. The van der Waals surface area contributed by atoms with E-state index in [0.717, 1.165) is 42.3 Å². The van der Waals surface area contributed by atoms with Gasteiger partial charge in [-0.15, -0.1) is 0 Å². The highest BCUT2D eigenvalue weighted by Crippen LogP contribution is 2.61. The Morgan fingerprint density at radius 2 is 2.00 bits per heavy atom. The van der Waals surface area contributed by atoms with Crippen molar-refractivity contribution >= 4 is 16.8 Å². The molecule has 26 heavy (non-hydrogen) atoms. The average Bonchev–Trinajstić information content (AvgIpc) is 2.53. The summed E-state index contributed by atoms with van der Waals surface area (Å²) < 4.78 is 5.20. The van der Waals surface area contributed by atoms with Gasteiger partial charge in [0, 0.05) is 23.7 Å². The Labute approximate surface area is 153 Å². The van der Waals surface area contributed by atoms with E-state index in [4.69, 9.17) is 4.74 Å². The predicted molar refractivity (Wildman–Crippen MR) is 100 cm³/mol. The average molecular weight is 354 g/mol. The molecule has 1 amide bonds. The van der Waals surface area contributed by atoms with E-state index >= 15 is 0 Å². The summed E-state index contributed by atoms with van der Waals surface area (Å²) in [7, 11) is 1.63. The molecule has 1 spiro atoms. The Bertz CT molecular complexity index is 842. The number of methoxy groups -OCH3 is 1. The summed E-state index contributed by atoms with van der Waals surface area (Å²) in [4.78, 5) is 16.9. The normalized spacial score (nSPS) is 27.7. The smallest absolute Gasteiger partial charge is 0.253 e. The van der Waals surface area contributed by atoms with Crippen LogP contribution >= 0.6 is 0 Å². The number of nitrogens with zero attached hydrogens (tertiary/aromatic N) is 1. The number of carbonyl (C=O) groups is 1. The van der Waals surface area contributed by atoms with Crippen molar-refractivity contribution in [2.45, 2.75) is 51.2 Å². The molecule has 1 aromatic carbocycles. The van der Waals surface area contributed by atoms with Crippen LogP contribution in [0.25, 0.3) is 10.9 Å². The van der Waals surface area contributed by atoms with Gasteiger partial charge in [-0.1, -0.05) is 0 Å². The molecular weight excluding hydrogens is 328 g/mol. The third-order valence-electron chi connectivity index (χ3n) is 6.21. The highest BCUT2D eigenvalue weighted by molar-refractivity contribution is 5.97. The first-order chi connectivity index (χ1) is 12.3. The zero-order chi connectivity index (χ0) is 18.5. The summed E-state index contributed by atoms with van der Waals surface area (Å²) in [5, 5.41) is 14.1. The van der Waals surface area contributed by atoms with E-state index in [0.29, 0.717) is 16.9 Å². The van der Waals surface area contributed by atoms with Crippen LogP contribution in [-0.4, -0.2) is 34.8 Å². The molecule has 1 heterocycles. The van der Waals surface area contributed by atoms with Crippen LogP contribution in [0.2, 0.25) is 0 Å². The van der Waals surface area contributed by atoms with Crippen molar-refractivity contribution in [1.82, 2.24) is 10.3 Å². The number of pyridine rings is 1. The lowest BCUT2D eigenvalue weighted by atomic mass is 9.47. The number of benzene rings is 1. The van der Waals surface area contributed by atoms with E-state index in [-0.39, 0.29) is 11.9 Å². The summed E-state index contributed by atoms with van der Waals surface area (Å²) in [5.41, 5.74) is 1.17. The van der Waals surface area contributed by atoms with Gasteiger partial charge in [0.1, 0.15) is 5.75 Å². The number of ether oxygens (including phenoxy) is 1. The quantitative estimate of drug-likeness (QED) is 0.884. The topological polar surface area (TPSA) is 71.5 Å². The van der Waals surface area contributed by atoms with Crippen molar-refractivity contribution in [2.24, 2.45) is 11.3 Å². The maximum absolute atomic E-state index is 12.5. The standard InChI is InChI=1S/C21H26N2O3/c1-20(2,25)15-8-21(9-15)10-16(11-21)23-19(24)14-6-13-4-5-17(26-3)7-18(13)22-12-14/h4-7,12,15-16,25H,8-11H2,1-3H3,(H,23,24). The van der Waals surface area contributed by atoms with Gasteiger partial charge in [0.15, 0.2) is 0 Å². The molecule has 138 valence electrons. The fourth-order valence-electron chi connectivity index (χ4n) is 4.53. The van der Waals surface area contributed by atoms with Crippen molar-refractivity contribution < 1.29 is 14.6 Å². The first kappa shape index (κ1) is 17.3. The Balaban J connectivity index is 1.36. The molecule has 1 aromatic heterocycles. The van der Waals surface area contributed by atoms with Gasteiger partial charge in [-0.25, -0.2) is 0 Å². The molecule has 2 N–H and O–H groups in total. The van der Waals surface area contributed by atoms with Crippen molar-refractivity contribution in [3.05, 3.63) is 36.0 Å². The second-order valence-electron chi connectivity index (χ2n) is 8.62. The van der Waals surface area contributed by atoms with Crippen molar-refractivity contribution in [3.8, 4) is 5.75 Å². The second-order valence-corrected chi connectivity index (χ2v) is 8.62. The van der Waals surface area contributed by atoms with Crippen LogP contribution in [-0.2, 0) is 0 Å². The summed E-state index contributed by atoms with van der Waals surface area (Å²) >= 11 is 0. The monoisotopic (exact) mass is 354 g/mol. The molecule has 0 atom stereocenters. The van der Waals surface area contributed by atoms with Gasteiger partial charge in [0.25, 0.3) is 5.91 Å². The van der Waals surface area contributed by atoms with Gasteiger partial charge in [0.2, 0.25) is 0 Å². The molecule has 2 fully saturated rings. The number of aliphatic hydroxyl groups is 1. The minimum atomic E-state index is -0.584. The molecule has 0 bridgehead atoms. The van der Waals surface area contributed by atoms with Crippen molar-refractivity contribution in [2.75, 3.05) is 7.11 Å². The van der Waals surface area contributed by atoms with E-state index < -0.39 is 5.60 Å². The number of rotatable bonds is 4. The van der Waals surface area contributed by atoms with Gasteiger partial charge >= 0.3 is 0 Å². The highest BCUT2D eigenvalue weighted by atomic mass is 16.5. The summed E-state index contributed by atoms with van der Waals surface area (Å²) in [6.07, 6.45) is 5.80. The molecule has 2 aromatic rings. The lowest BCUT2D eigenvalue weighted by Crippen LogP contribution is -2.59. The van der Waals surface area contributed by atoms with Gasteiger partial charge < -0.3 is 15.2 Å². The number of carbonyl (C=O) groups excluding carboxylic acids is 1. The molecule has 4 rings (SSSR count).